The average Bonchev–Trinajstić information content (AvgIpc) is 2.33. The van der Waals surface area contributed by atoms with Gasteiger partial charge in [0, 0.05) is 17.5 Å². The van der Waals surface area contributed by atoms with Gasteiger partial charge < -0.3 is 14.4 Å². The van der Waals surface area contributed by atoms with Crippen LogP contribution in [0.25, 0.3) is 10.8 Å². The smallest absolute Gasteiger partial charge is 0.258 e. The number of benzene rings is 1. The number of methoxy groups -OCH3 is 1. The number of pyridine rings is 1. The van der Waals surface area contributed by atoms with Crippen LogP contribution in [-0.2, 0) is 13.7 Å². The van der Waals surface area contributed by atoms with Gasteiger partial charge in [-0.15, -0.1) is 0 Å². The Balaban J connectivity index is 3.01. The van der Waals surface area contributed by atoms with Crippen LogP contribution in [0.3, 0.4) is 0 Å². The molecule has 1 heterocycles. The zero-order valence-corrected chi connectivity index (χ0v) is 10.3. The Bertz CT molecular complexity index is 634. The number of rotatable bonds is 2. The first-order chi connectivity index (χ1) is 8.10. The summed E-state index contributed by atoms with van der Waals surface area (Å²) >= 11 is 5.87. The van der Waals surface area contributed by atoms with Crippen molar-refractivity contribution in [1.82, 2.24) is 4.57 Å². The molecule has 0 bridgehead atoms. The Labute approximate surface area is 103 Å². The van der Waals surface area contributed by atoms with Crippen molar-refractivity contribution >= 4 is 22.4 Å². The fourth-order valence-electron chi connectivity index (χ4n) is 1.91. The van der Waals surface area contributed by atoms with Gasteiger partial charge in [-0.05, 0) is 18.2 Å². The van der Waals surface area contributed by atoms with Crippen LogP contribution in [-0.4, -0.2) is 16.8 Å². The molecule has 0 fully saturated rings. The number of nitrogens with zero attached hydrogens (tertiary/aromatic N) is 1. The van der Waals surface area contributed by atoms with Gasteiger partial charge in [-0.3, -0.25) is 4.79 Å². The van der Waals surface area contributed by atoms with E-state index in [1.54, 1.807) is 25.2 Å². The van der Waals surface area contributed by atoms with Crippen molar-refractivity contribution in [3.05, 3.63) is 39.3 Å². The minimum absolute atomic E-state index is 0.202. The molecular formula is C12H12ClNO3. The van der Waals surface area contributed by atoms with Gasteiger partial charge in [0.05, 0.1) is 24.8 Å². The van der Waals surface area contributed by atoms with Crippen LogP contribution in [0.4, 0.5) is 0 Å². The number of ether oxygens (including phenoxy) is 1. The van der Waals surface area contributed by atoms with E-state index in [9.17, 15) is 9.90 Å². The van der Waals surface area contributed by atoms with Crippen molar-refractivity contribution in [3.8, 4) is 5.75 Å². The summed E-state index contributed by atoms with van der Waals surface area (Å²) in [5, 5.41) is 10.9. The topological polar surface area (TPSA) is 51.5 Å². The van der Waals surface area contributed by atoms with Crippen LogP contribution >= 0.6 is 11.6 Å². The summed E-state index contributed by atoms with van der Waals surface area (Å²) < 4.78 is 6.63. The standard InChI is InChI=1S/C12H12ClNO3/c1-14-10(6-15)11(17-2)8-4-3-7(13)5-9(8)12(14)16/h3-5,15H,6H2,1-2H3. The van der Waals surface area contributed by atoms with Gasteiger partial charge in [-0.1, -0.05) is 11.6 Å². The van der Waals surface area contributed by atoms with Gasteiger partial charge in [0.25, 0.3) is 5.56 Å². The number of aromatic nitrogens is 1. The van der Waals surface area contributed by atoms with Gasteiger partial charge >= 0.3 is 0 Å². The van der Waals surface area contributed by atoms with Gasteiger partial charge in [-0.25, -0.2) is 0 Å². The van der Waals surface area contributed by atoms with Crippen LogP contribution < -0.4 is 10.3 Å². The lowest BCUT2D eigenvalue weighted by Crippen LogP contribution is -2.21. The molecule has 1 aromatic carbocycles. The first kappa shape index (κ1) is 12.0. The highest BCUT2D eigenvalue weighted by atomic mass is 35.5. The molecule has 0 atom stereocenters. The Morgan fingerprint density at radius 3 is 2.71 bits per heavy atom. The molecule has 90 valence electrons. The number of aliphatic hydroxyl groups excluding tert-OH is 1. The fraction of sp³-hybridized carbons (Fsp3) is 0.250. The number of hydrogen-bond acceptors (Lipinski definition) is 3. The third-order valence-corrected chi connectivity index (χ3v) is 3.02. The molecule has 0 aliphatic rings. The minimum Gasteiger partial charge on any atom is -0.494 e. The number of halogens is 1. The van der Waals surface area contributed by atoms with Crippen LogP contribution in [0.2, 0.25) is 5.02 Å². The van der Waals surface area contributed by atoms with Gasteiger partial charge in [0.15, 0.2) is 0 Å². The van der Waals surface area contributed by atoms with E-state index in [2.05, 4.69) is 0 Å². The van der Waals surface area contributed by atoms with Crippen molar-refractivity contribution in [1.29, 1.82) is 0 Å². The van der Waals surface area contributed by atoms with E-state index in [1.807, 2.05) is 0 Å². The highest BCUT2D eigenvalue weighted by Crippen LogP contribution is 2.28. The highest BCUT2D eigenvalue weighted by Gasteiger charge is 2.14. The maximum Gasteiger partial charge on any atom is 0.258 e. The number of fused-ring (bicyclic) bond motifs is 1. The molecule has 5 heteroatoms. The van der Waals surface area contributed by atoms with Crippen molar-refractivity contribution in [2.75, 3.05) is 7.11 Å². The van der Waals surface area contributed by atoms with Crippen molar-refractivity contribution in [2.45, 2.75) is 6.61 Å². The molecule has 0 saturated heterocycles. The highest BCUT2D eigenvalue weighted by molar-refractivity contribution is 6.31. The van der Waals surface area contributed by atoms with Crippen molar-refractivity contribution in [2.24, 2.45) is 7.05 Å². The molecule has 1 N–H and O–H groups in total. The van der Waals surface area contributed by atoms with Crippen LogP contribution in [0.1, 0.15) is 5.69 Å². The third kappa shape index (κ3) is 1.79. The van der Waals surface area contributed by atoms with Gasteiger partial charge in [0.2, 0.25) is 0 Å². The van der Waals surface area contributed by atoms with Crippen molar-refractivity contribution in [3.63, 3.8) is 0 Å². The maximum atomic E-state index is 12.1. The van der Waals surface area contributed by atoms with E-state index in [0.717, 1.165) is 0 Å². The van der Waals surface area contributed by atoms with Crippen LogP contribution in [0.15, 0.2) is 23.0 Å². The number of hydrogen-bond donors (Lipinski definition) is 1. The summed E-state index contributed by atoms with van der Waals surface area (Å²) in [5.74, 6) is 0.501. The zero-order chi connectivity index (χ0) is 12.6. The van der Waals surface area contributed by atoms with E-state index in [1.165, 1.54) is 11.7 Å². The lowest BCUT2D eigenvalue weighted by Gasteiger charge is -2.14. The average molecular weight is 254 g/mol. The Hall–Kier alpha value is -1.52. The first-order valence-corrected chi connectivity index (χ1v) is 5.44. The monoisotopic (exact) mass is 253 g/mol. The normalized spacial score (nSPS) is 10.8. The lowest BCUT2D eigenvalue weighted by molar-refractivity contribution is 0.262. The summed E-state index contributed by atoms with van der Waals surface area (Å²) in [7, 11) is 3.10. The summed E-state index contributed by atoms with van der Waals surface area (Å²) in [6, 6.07) is 5.01. The summed E-state index contributed by atoms with van der Waals surface area (Å²) in [6.07, 6.45) is 0. The van der Waals surface area contributed by atoms with E-state index in [4.69, 9.17) is 16.3 Å². The quantitative estimate of drug-likeness (QED) is 0.886. The van der Waals surface area contributed by atoms with E-state index in [0.29, 0.717) is 27.2 Å². The summed E-state index contributed by atoms with van der Waals surface area (Å²) in [6.45, 7) is -0.256. The Kier molecular flexibility index (Phi) is 3.09. The summed E-state index contributed by atoms with van der Waals surface area (Å²) in [5.41, 5.74) is 0.250. The molecule has 0 saturated carbocycles. The Morgan fingerprint density at radius 1 is 1.41 bits per heavy atom. The largest absolute Gasteiger partial charge is 0.494 e. The van der Waals surface area contributed by atoms with E-state index >= 15 is 0 Å². The molecule has 2 rings (SSSR count). The second kappa shape index (κ2) is 4.39. The molecule has 0 unspecified atom stereocenters. The van der Waals surface area contributed by atoms with Crippen LogP contribution in [0, 0.1) is 0 Å². The van der Waals surface area contributed by atoms with Crippen molar-refractivity contribution < 1.29 is 9.84 Å². The predicted octanol–water partition coefficient (Wildman–Crippen LogP) is 1.69. The Morgan fingerprint density at radius 2 is 2.12 bits per heavy atom. The molecule has 0 radical (unpaired) electrons. The molecule has 2 aromatic rings. The van der Waals surface area contributed by atoms with E-state index in [-0.39, 0.29) is 12.2 Å². The second-order valence-corrected chi connectivity index (χ2v) is 4.13. The van der Waals surface area contributed by atoms with E-state index < -0.39 is 0 Å². The molecule has 0 spiro atoms. The molecule has 4 nitrogen and oxygen atoms in total. The molecule has 0 amide bonds. The number of aliphatic hydroxyl groups is 1. The molecular weight excluding hydrogens is 242 g/mol. The summed E-state index contributed by atoms with van der Waals surface area (Å²) in [4.78, 5) is 12.1. The van der Waals surface area contributed by atoms with Crippen LogP contribution in [0.5, 0.6) is 5.75 Å². The third-order valence-electron chi connectivity index (χ3n) is 2.78. The maximum absolute atomic E-state index is 12.1. The SMILES string of the molecule is COc1c(CO)n(C)c(=O)c2cc(Cl)ccc12. The fourth-order valence-corrected chi connectivity index (χ4v) is 2.08. The molecule has 1 aromatic heterocycles. The first-order valence-electron chi connectivity index (χ1n) is 5.06. The van der Waals surface area contributed by atoms with Gasteiger partial charge in [0.1, 0.15) is 5.75 Å². The molecule has 17 heavy (non-hydrogen) atoms. The zero-order valence-electron chi connectivity index (χ0n) is 9.53. The lowest BCUT2D eigenvalue weighted by atomic mass is 10.1. The predicted molar refractivity (Wildman–Crippen MR) is 66.7 cm³/mol. The second-order valence-electron chi connectivity index (χ2n) is 3.69. The minimum atomic E-state index is -0.256. The molecule has 0 aliphatic carbocycles. The van der Waals surface area contributed by atoms with Gasteiger partial charge in [-0.2, -0.15) is 0 Å². The molecule has 0 aliphatic heterocycles.